The van der Waals surface area contributed by atoms with Gasteiger partial charge in [-0.2, -0.15) is 0 Å². The fraction of sp³-hybridized carbons (Fsp3) is 0.407. The number of fused-ring (bicyclic) bond motifs is 1. The molecule has 4 nitrogen and oxygen atoms in total. The Morgan fingerprint density at radius 3 is 2.50 bits per heavy atom. The number of nitrogens with zero attached hydrogens (tertiary/aromatic N) is 1. The SMILES string of the molecule is CC[C@@H]([C@H](O)c1ccc2c(Cl)c(OC)ccc2c1)N1CCC(OCc2ccccc2)CC1. The molecule has 1 aliphatic heterocycles. The molecule has 0 unspecified atom stereocenters. The summed E-state index contributed by atoms with van der Waals surface area (Å²) in [7, 11) is 1.62. The molecular weight excluding hydrogens is 422 g/mol. The van der Waals surface area contributed by atoms with Crippen LogP contribution in [0.15, 0.2) is 60.7 Å². The first kappa shape index (κ1) is 23.1. The van der Waals surface area contributed by atoms with Gasteiger partial charge in [-0.05, 0) is 47.9 Å². The molecule has 5 heteroatoms. The summed E-state index contributed by atoms with van der Waals surface area (Å²) in [6.07, 6.45) is 2.59. The van der Waals surface area contributed by atoms with Crippen LogP contribution in [-0.2, 0) is 11.3 Å². The molecule has 4 rings (SSSR count). The molecule has 1 heterocycles. The highest BCUT2D eigenvalue weighted by Crippen LogP contribution is 2.35. The van der Waals surface area contributed by atoms with E-state index in [4.69, 9.17) is 21.1 Å². The zero-order valence-electron chi connectivity index (χ0n) is 18.8. The number of aliphatic hydroxyl groups excluding tert-OH is 1. The van der Waals surface area contributed by atoms with Crippen molar-refractivity contribution in [1.82, 2.24) is 4.90 Å². The van der Waals surface area contributed by atoms with Gasteiger partial charge >= 0.3 is 0 Å². The van der Waals surface area contributed by atoms with E-state index in [1.807, 2.05) is 48.5 Å². The Hall–Kier alpha value is -2.11. The molecule has 1 saturated heterocycles. The van der Waals surface area contributed by atoms with Crippen molar-refractivity contribution in [1.29, 1.82) is 0 Å². The molecule has 170 valence electrons. The summed E-state index contributed by atoms with van der Waals surface area (Å²) in [6, 6.07) is 20.3. The van der Waals surface area contributed by atoms with Gasteiger partial charge in [-0.15, -0.1) is 0 Å². The van der Waals surface area contributed by atoms with Crippen LogP contribution in [0.25, 0.3) is 10.8 Å². The summed E-state index contributed by atoms with van der Waals surface area (Å²) < 4.78 is 11.5. The molecule has 1 fully saturated rings. The molecule has 2 atom stereocenters. The van der Waals surface area contributed by atoms with Gasteiger partial charge in [-0.25, -0.2) is 0 Å². The number of hydrogen-bond acceptors (Lipinski definition) is 4. The van der Waals surface area contributed by atoms with Gasteiger partial charge in [0.15, 0.2) is 0 Å². The first-order chi connectivity index (χ1) is 15.6. The van der Waals surface area contributed by atoms with E-state index in [2.05, 4.69) is 24.0 Å². The topological polar surface area (TPSA) is 41.9 Å². The second kappa shape index (κ2) is 10.7. The Bertz CT molecular complexity index is 1020. The molecule has 0 radical (unpaired) electrons. The molecule has 3 aromatic carbocycles. The highest BCUT2D eigenvalue weighted by molar-refractivity contribution is 6.37. The van der Waals surface area contributed by atoms with Crippen molar-refractivity contribution in [2.45, 2.75) is 51.0 Å². The number of rotatable bonds is 8. The van der Waals surface area contributed by atoms with E-state index in [1.165, 1.54) is 5.56 Å². The number of piperidine rings is 1. The highest BCUT2D eigenvalue weighted by atomic mass is 35.5. The standard InChI is InChI=1S/C27H32ClNO3/c1-3-24(29-15-13-22(14-16-29)32-18-19-7-5-4-6-8-19)27(30)21-9-11-23-20(17-21)10-12-25(31-2)26(23)28/h4-12,17,22,24,27,30H,3,13-16,18H2,1-2H3/t24-,27+/m0/s1. The lowest BCUT2D eigenvalue weighted by atomic mass is 9.94. The molecule has 0 spiro atoms. The number of benzene rings is 3. The Morgan fingerprint density at radius 1 is 1.06 bits per heavy atom. The van der Waals surface area contributed by atoms with E-state index in [0.717, 1.165) is 48.7 Å². The predicted molar refractivity (Wildman–Crippen MR) is 130 cm³/mol. The molecule has 0 saturated carbocycles. The Kier molecular flexibility index (Phi) is 7.69. The van der Waals surface area contributed by atoms with Gasteiger partial charge < -0.3 is 14.6 Å². The maximum absolute atomic E-state index is 11.2. The van der Waals surface area contributed by atoms with Crippen LogP contribution in [-0.4, -0.2) is 42.4 Å². The van der Waals surface area contributed by atoms with Crippen molar-refractivity contribution in [2.75, 3.05) is 20.2 Å². The lowest BCUT2D eigenvalue weighted by Crippen LogP contribution is -2.45. The first-order valence-corrected chi connectivity index (χ1v) is 11.8. The normalized spacial score (nSPS) is 17.4. The lowest BCUT2D eigenvalue weighted by Gasteiger charge is -2.39. The van der Waals surface area contributed by atoms with Crippen molar-refractivity contribution < 1.29 is 14.6 Å². The Balaban J connectivity index is 1.39. The third kappa shape index (κ3) is 5.10. The van der Waals surface area contributed by atoms with Crippen molar-refractivity contribution >= 4 is 22.4 Å². The third-order valence-electron chi connectivity index (χ3n) is 6.56. The zero-order chi connectivity index (χ0) is 22.5. The minimum Gasteiger partial charge on any atom is -0.495 e. The number of ether oxygens (including phenoxy) is 2. The highest BCUT2D eigenvalue weighted by Gasteiger charge is 2.30. The van der Waals surface area contributed by atoms with Gasteiger partial charge in [0.05, 0.1) is 30.9 Å². The fourth-order valence-electron chi connectivity index (χ4n) is 4.70. The molecule has 1 aliphatic rings. The van der Waals surface area contributed by atoms with Crippen LogP contribution in [0.1, 0.15) is 43.4 Å². The van der Waals surface area contributed by atoms with E-state index in [0.29, 0.717) is 17.4 Å². The summed E-state index contributed by atoms with van der Waals surface area (Å²) in [6.45, 7) is 4.68. The Labute approximate surface area is 195 Å². The van der Waals surface area contributed by atoms with Crippen LogP contribution in [0.4, 0.5) is 0 Å². The maximum atomic E-state index is 11.2. The van der Waals surface area contributed by atoms with Crippen molar-refractivity contribution in [3.05, 3.63) is 76.8 Å². The molecule has 0 bridgehead atoms. The van der Waals surface area contributed by atoms with E-state index in [1.54, 1.807) is 7.11 Å². The molecular formula is C27H32ClNO3. The predicted octanol–water partition coefficient (Wildman–Crippen LogP) is 6.00. The number of halogens is 1. The quantitative estimate of drug-likeness (QED) is 0.454. The van der Waals surface area contributed by atoms with Gasteiger partial charge in [-0.1, -0.05) is 67.1 Å². The van der Waals surface area contributed by atoms with Crippen LogP contribution >= 0.6 is 11.6 Å². The first-order valence-electron chi connectivity index (χ1n) is 11.4. The number of hydrogen-bond donors (Lipinski definition) is 1. The molecule has 0 amide bonds. The molecule has 0 aliphatic carbocycles. The Morgan fingerprint density at radius 2 is 1.81 bits per heavy atom. The van der Waals surface area contributed by atoms with Crippen LogP contribution in [0, 0.1) is 0 Å². The van der Waals surface area contributed by atoms with Crippen LogP contribution in [0.2, 0.25) is 5.02 Å². The van der Waals surface area contributed by atoms with Gasteiger partial charge in [0.2, 0.25) is 0 Å². The van der Waals surface area contributed by atoms with Gasteiger partial charge in [0.1, 0.15) is 5.75 Å². The molecule has 3 aromatic rings. The maximum Gasteiger partial charge on any atom is 0.138 e. The van der Waals surface area contributed by atoms with Gasteiger partial charge in [0.25, 0.3) is 0 Å². The monoisotopic (exact) mass is 453 g/mol. The summed E-state index contributed by atoms with van der Waals surface area (Å²) in [4.78, 5) is 2.41. The zero-order valence-corrected chi connectivity index (χ0v) is 19.6. The third-order valence-corrected chi connectivity index (χ3v) is 6.95. The van der Waals surface area contributed by atoms with Crippen molar-refractivity contribution in [2.24, 2.45) is 0 Å². The van der Waals surface area contributed by atoms with E-state index < -0.39 is 6.10 Å². The molecule has 32 heavy (non-hydrogen) atoms. The van der Waals surface area contributed by atoms with Crippen LogP contribution in [0.5, 0.6) is 5.75 Å². The number of aliphatic hydroxyl groups is 1. The van der Waals surface area contributed by atoms with Crippen molar-refractivity contribution in [3.8, 4) is 5.75 Å². The lowest BCUT2D eigenvalue weighted by molar-refractivity contribution is -0.0313. The minimum atomic E-state index is -0.549. The number of likely N-dealkylation sites (tertiary alicyclic amines) is 1. The van der Waals surface area contributed by atoms with Crippen LogP contribution in [0.3, 0.4) is 0 Å². The average Bonchev–Trinajstić information content (AvgIpc) is 2.84. The summed E-state index contributed by atoms with van der Waals surface area (Å²) in [5.74, 6) is 0.663. The van der Waals surface area contributed by atoms with Gasteiger partial charge in [0, 0.05) is 24.5 Å². The average molecular weight is 454 g/mol. The summed E-state index contributed by atoms with van der Waals surface area (Å²) >= 11 is 6.46. The second-order valence-corrected chi connectivity index (χ2v) is 8.89. The van der Waals surface area contributed by atoms with E-state index in [-0.39, 0.29) is 12.1 Å². The fourth-order valence-corrected chi connectivity index (χ4v) is 5.01. The summed E-state index contributed by atoms with van der Waals surface area (Å²) in [5.41, 5.74) is 2.14. The second-order valence-electron chi connectivity index (χ2n) is 8.51. The van der Waals surface area contributed by atoms with E-state index >= 15 is 0 Å². The molecule has 0 aromatic heterocycles. The smallest absolute Gasteiger partial charge is 0.138 e. The van der Waals surface area contributed by atoms with Crippen molar-refractivity contribution in [3.63, 3.8) is 0 Å². The van der Waals surface area contributed by atoms with Gasteiger partial charge in [-0.3, -0.25) is 4.90 Å². The van der Waals surface area contributed by atoms with Crippen LogP contribution < -0.4 is 4.74 Å². The molecule has 1 N–H and O–H groups in total. The largest absolute Gasteiger partial charge is 0.495 e. The van der Waals surface area contributed by atoms with E-state index in [9.17, 15) is 5.11 Å². The summed E-state index contributed by atoms with van der Waals surface area (Å²) in [5, 5.41) is 13.8. The minimum absolute atomic E-state index is 0.0799. The number of methoxy groups -OCH3 is 1.